The Balaban J connectivity index is 2.50. The van der Waals surface area contributed by atoms with Crippen LogP contribution in [0.5, 0.6) is 0 Å². The molecule has 0 amide bonds. The van der Waals surface area contributed by atoms with Gasteiger partial charge in [0.1, 0.15) is 0 Å². The minimum Gasteiger partial charge on any atom is -0.358 e. The Kier molecular flexibility index (Phi) is 3.30. The zero-order chi connectivity index (χ0) is 11.5. The Labute approximate surface area is 97.3 Å². The number of hydrogen-bond acceptors (Lipinski definition) is 1. The largest absolute Gasteiger partial charge is 0.358 e. The van der Waals surface area contributed by atoms with Crippen LogP contribution in [-0.2, 0) is 13.0 Å². The first kappa shape index (κ1) is 11.2. The minimum absolute atomic E-state index is 1.01. The lowest BCUT2D eigenvalue weighted by molar-refractivity contribution is 0.402. The van der Waals surface area contributed by atoms with Gasteiger partial charge >= 0.3 is 0 Å². The first-order chi connectivity index (χ1) is 7.72. The number of aromatic nitrogens is 1. The molecular formula is C14H20N2. The normalized spacial score (nSPS) is 11.5. The highest BCUT2D eigenvalue weighted by molar-refractivity contribution is 5.84. The van der Waals surface area contributed by atoms with E-state index < -0.39 is 0 Å². The Morgan fingerprint density at radius 3 is 2.62 bits per heavy atom. The molecule has 0 radical (unpaired) electrons. The molecule has 0 aliphatic carbocycles. The standard InChI is InChI=1S/C14H20N2/c1-4-7-13-12(10-16(2)3)11-8-5-6-9-14(11)15-13/h5-6,8-9,15H,4,7,10H2,1-3H3. The summed E-state index contributed by atoms with van der Waals surface area (Å²) in [4.78, 5) is 5.77. The van der Waals surface area contributed by atoms with Crippen molar-refractivity contribution in [3.63, 3.8) is 0 Å². The molecule has 16 heavy (non-hydrogen) atoms. The summed E-state index contributed by atoms with van der Waals surface area (Å²) in [6.07, 6.45) is 2.32. The number of nitrogens with zero attached hydrogens (tertiary/aromatic N) is 1. The van der Waals surface area contributed by atoms with E-state index in [4.69, 9.17) is 0 Å². The van der Waals surface area contributed by atoms with Crippen LogP contribution in [0.3, 0.4) is 0 Å². The van der Waals surface area contributed by atoms with Crippen LogP contribution in [0.2, 0.25) is 0 Å². The number of para-hydroxylation sites is 1. The van der Waals surface area contributed by atoms with Crippen LogP contribution in [-0.4, -0.2) is 24.0 Å². The van der Waals surface area contributed by atoms with Gasteiger partial charge in [-0.05, 0) is 32.1 Å². The molecule has 0 unspecified atom stereocenters. The van der Waals surface area contributed by atoms with Gasteiger partial charge in [0.05, 0.1) is 0 Å². The second kappa shape index (κ2) is 4.71. The van der Waals surface area contributed by atoms with Crippen molar-refractivity contribution in [2.45, 2.75) is 26.3 Å². The number of H-pyrrole nitrogens is 1. The van der Waals surface area contributed by atoms with Crippen LogP contribution in [0.25, 0.3) is 10.9 Å². The number of fused-ring (bicyclic) bond motifs is 1. The first-order valence-electron chi connectivity index (χ1n) is 5.95. The monoisotopic (exact) mass is 216 g/mol. The van der Waals surface area contributed by atoms with Gasteiger partial charge in [0, 0.05) is 23.1 Å². The van der Waals surface area contributed by atoms with Crippen LogP contribution in [0.1, 0.15) is 24.6 Å². The molecule has 0 spiro atoms. The molecule has 2 nitrogen and oxygen atoms in total. The number of nitrogens with one attached hydrogen (secondary N) is 1. The molecule has 2 aromatic rings. The predicted molar refractivity (Wildman–Crippen MR) is 69.7 cm³/mol. The zero-order valence-corrected chi connectivity index (χ0v) is 10.4. The third-order valence-corrected chi connectivity index (χ3v) is 2.88. The van der Waals surface area contributed by atoms with Crippen LogP contribution < -0.4 is 0 Å². The maximum atomic E-state index is 3.54. The molecule has 0 fully saturated rings. The van der Waals surface area contributed by atoms with E-state index in [9.17, 15) is 0 Å². The summed E-state index contributed by atoms with van der Waals surface area (Å²) in [6, 6.07) is 8.58. The van der Waals surface area contributed by atoms with Gasteiger partial charge in [0.2, 0.25) is 0 Å². The molecule has 86 valence electrons. The van der Waals surface area contributed by atoms with Gasteiger partial charge < -0.3 is 9.88 Å². The highest BCUT2D eigenvalue weighted by atomic mass is 15.1. The molecule has 2 heteroatoms. The van der Waals surface area contributed by atoms with E-state index in [1.165, 1.54) is 28.6 Å². The van der Waals surface area contributed by atoms with Gasteiger partial charge in [0.25, 0.3) is 0 Å². The highest BCUT2D eigenvalue weighted by Crippen LogP contribution is 2.24. The van der Waals surface area contributed by atoms with Crippen molar-refractivity contribution < 1.29 is 0 Å². The molecule has 1 aromatic heterocycles. The van der Waals surface area contributed by atoms with E-state index in [1.807, 2.05) is 0 Å². The number of aromatic amines is 1. The maximum absolute atomic E-state index is 3.54. The van der Waals surface area contributed by atoms with E-state index in [-0.39, 0.29) is 0 Å². The second-order valence-corrected chi connectivity index (χ2v) is 4.62. The number of benzene rings is 1. The zero-order valence-electron chi connectivity index (χ0n) is 10.4. The molecule has 1 heterocycles. The van der Waals surface area contributed by atoms with Gasteiger partial charge in [-0.1, -0.05) is 31.5 Å². The molecule has 0 aliphatic heterocycles. The smallest absolute Gasteiger partial charge is 0.0459 e. The summed E-state index contributed by atoms with van der Waals surface area (Å²) in [5.74, 6) is 0. The van der Waals surface area contributed by atoms with E-state index in [0.29, 0.717) is 0 Å². The summed E-state index contributed by atoms with van der Waals surface area (Å²) in [5.41, 5.74) is 4.13. The van der Waals surface area contributed by atoms with Gasteiger partial charge in [0.15, 0.2) is 0 Å². The summed E-state index contributed by atoms with van der Waals surface area (Å²) >= 11 is 0. The van der Waals surface area contributed by atoms with Gasteiger partial charge in [-0.25, -0.2) is 0 Å². The average Bonchev–Trinajstić information content (AvgIpc) is 2.57. The predicted octanol–water partition coefficient (Wildman–Crippen LogP) is 3.18. The Hall–Kier alpha value is -1.28. The van der Waals surface area contributed by atoms with Crippen molar-refractivity contribution in [2.75, 3.05) is 14.1 Å². The summed E-state index contributed by atoms with van der Waals surface area (Å²) in [5, 5.41) is 1.37. The highest BCUT2D eigenvalue weighted by Gasteiger charge is 2.10. The number of aryl methyl sites for hydroxylation is 1. The lowest BCUT2D eigenvalue weighted by Crippen LogP contribution is -2.11. The molecule has 2 rings (SSSR count). The fourth-order valence-electron chi connectivity index (χ4n) is 2.22. The van der Waals surface area contributed by atoms with Crippen LogP contribution in [0.15, 0.2) is 24.3 Å². The van der Waals surface area contributed by atoms with Crippen molar-refractivity contribution in [2.24, 2.45) is 0 Å². The van der Waals surface area contributed by atoms with Crippen molar-refractivity contribution >= 4 is 10.9 Å². The molecule has 0 aliphatic rings. The number of rotatable bonds is 4. The van der Waals surface area contributed by atoms with Crippen LogP contribution in [0.4, 0.5) is 0 Å². The molecule has 1 aromatic carbocycles. The average molecular weight is 216 g/mol. The molecule has 0 atom stereocenters. The fraction of sp³-hybridized carbons (Fsp3) is 0.429. The van der Waals surface area contributed by atoms with Crippen molar-refractivity contribution in [3.05, 3.63) is 35.5 Å². The SMILES string of the molecule is CCCc1[nH]c2ccccc2c1CN(C)C. The minimum atomic E-state index is 1.01. The maximum Gasteiger partial charge on any atom is 0.0459 e. The third kappa shape index (κ3) is 2.12. The Morgan fingerprint density at radius 1 is 1.19 bits per heavy atom. The second-order valence-electron chi connectivity index (χ2n) is 4.62. The summed E-state index contributed by atoms with van der Waals surface area (Å²) in [6.45, 7) is 3.24. The lowest BCUT2D eigenvalue weighted by Gasteiger charge is -2.10. The first-order valence-corrected chi connectivity index (χ1v) is 5.95. The topological polar surface area (TPSA) is 19.0 Å². The van der Waals surface area contributed by atoms with E-state index in [0.717, 1.165) is 13.0 Å². The quantitative estimate of drug-likeness (QED) is 0.831. The van der Waals surface area contributed by atoms with E-state index >= 15 is 0 Å². The van der Waals surface area contributed by atoms with Gasteiger partial charge in [-0.15, -0.1) is 0 Å². The van der Waals surface area contributed by atoms with Crippen LogP contribution >= 0.6 is 0 Å². The van der Waals surface area contributed by atoms with Crippen molar-refractivity contribution in [1.29, 1.82) is 0 Å². The van der Waals surface area contributed by atoms with Crippen LogP contribution in [0, 0.1) is 0 Å². The molecule has 0 bridgehead atoms. The van der Waals surface area contributed by atoms with E-state index in [1.54, 1.807) is 0 Å². The van der Waals surface area contributed by atoms with Crippen molar-refractivity contribution in [3.8, 4) is 0 Å². The lowest BCUT2D eigenvalue weighted by atomic mass is 10.1. The molecule has 0 saturated heterocycles. The van der Waals surface area contributed by atoms with Gasteiger partial charge in [-0.2, -0.15) is 0 Å². The summed E-state index contributed by atoms with van der Waals surface area (Å²) in [7, 11) is 4.25. The third-order valence-electron chi connectivity index (χ3n) is 2.88. The Morgan fingerprint density at radius 2 is 1.94 bits per heavy atom. The molecule has 0 saturated carbocycles. The fourth-order valence-corrected chi connectivity index (χ4v) is 2.22. The van der Waals surface area contributed by atoms with E-state index in [2.05, 4.69) is 55.2 Å². The summed E-state index contributed by atoms with van der Waals surface area (Å²) < 4.78 is 0. The molecular weight excluding hydrogens is 196 g/mol. The molecule has 1 N–H and O–H groups in total. The number of hydrogen-bond donors (Lipinski definition) is 1. The Bertz CT molecular complexity index is 469. The van der Waals surface area contributed by atoms with Crippen molar-refractivity contribution in [1.82, 2.24) is 9.88 Å². The van der Waals surface area contributed by atoms with Gasteiger partial charge in [-0.3, -0.25) is 0 Å².